The predicted octanol–water partition coefficient (Wildman–Crippen LogP) is 2.27. The second-order valence-electron chi connectivity index (χ2n) is 4.42. The van der Waals surface area contributed by atoms with Crippen LogP contribution in [-0.2, 0) is 0 Å². The zero-order valence-electron chi connectivity index (χ0n) is 9.97. The molecule has 1 atom stereocenters. The Labute approximate surface area is 92.9 Å². The van der Waals surface area contributed by atoms with Gasteiger partial charge in [-0.1, -0.05) is 27.2 Å². The van der Waals surface area contributed by atoms with Crippen molar-refractivity contribution in [3.8, 4) is 0 Å². The van der Waals surface area contributed by atoms with Gasteiger partial charge in [-0.3, -0.25) is 0 Å². The molecule has 0 amide bonds. The number of unbranched alkanes of at least 4 members (excludes halogenated alkanes) is 1. The normalized spacial score (nSPS) is 15.9. The fourth-order valence-electron chi connectivity index (χ4n) is 1.37. The van der Waals surface area contributed by atoms with Gasteiger partial charge in [-0.2, -0.15) is 11.8 Å². The predicted molar refractivity (Wildman–Crippen MR) is 66.0 cm³/mol. The van der Waals surface area contributed by atoms with Gasteiger partial charge in [0.2, 0.25) is 0 Å². The van der Waals surface area contributed by atoms with Crippen LogP contribution in [0.15, 0.2) is 0 Å². The molecule has 0 rings (SSSR count). The van der Waals surface area contributed by atoms with Crippen LogP contribution in [0.3, 0.4) is 0 Å². The molecule has 86 valence electrons. The molecule has 0 radical (unpaired) electrons. The molecule has 0 bridgehead atoms. The van der Waals surface area contributed by atoms with Crippen LogP contribution in [0.5, 0.6) is 0 Å². The Bertz CT molecular complexity index is 141. The van der Waals surface area contributed by atoms with Gasteiger partial charge in [-0.15, -0.1) is 0 Å². The van der Waals surface area contributed by atoms with Gasteiger partial charge in [0.25, 0.3) is 0 Å². The topological polar surface area (TPSA) is 32.3 Å². The summed E-state index contributed by atoms with van der Waals surface area (Å²) in [6, 6.07) is 0.430. The smallest absolute Gasteiger partial charge is 0.0618 e. The van der Waals surface area contributed by atoms with Crippen LogP contribution >= 0.6 is 11.8 Å². The number of hydrogen-bond acceptors (Lipinski definition) is 3. The molecular weight excluding hydrogens is 194 g/mol. The molecule has 0 aromatic heterocycles. The summed E-state index contributed by atoms with van der Waals surface area (Å²) in [5, 5.41) is 12.7. The minimum absolute atomic E-state index is 0.118. The van der Waals surface area contributed by atoms with Crippen molar-refractivity contribution in [2.24, 2.45) is 0 Å². The SMILES string of the molecule is CCCCSCC(C)(CO)NC(C)C. The van der Waals surface area contributed by atoms with E-state index in [1.807, 2.05) is 11.8 Å². The second kappa shape index (κ2) is 7.55. The molecule has 0 aromatic rings. The summed E-state index contributed by atoms with van der Waals surface area (Å²) in [6.07, 6.45) is 2.52. The third-order valence-electron chi connectivity index (χ3n) is 2.05. The number of nitrogens with one attached hydrogen (secondary N) is 1. The van der Waals surface area contributed by atoms with Crippen molar-refractivity contribution in [2.45, 2.75) is 52.1 Å². The minimum Gasteiger partial charge on any atom is -0.394 e. The standard InChI is InChI=1S/C11H25NOS/c1-5-6-7-14-9-11(4,8-13)12-10(2)3/h10,12-13H,5-9H2,1-4H3. The van der Waals surface area contributed by atoms with E-state index in [4.69, 9.17) is 0 Å². The van der Waals surface area contributed by atoms with Crippen LogP contribution in [0.2, 0.25) is 0 Å². The molecule has 0 fully saturated rings. The van der Waals surface area contributed by atoms with Gasteiger partial charge >= 0.3 is 0 Å². The van der Waals surface area contributed by atoms with Crippen molar-refractivity contribution in [3.63, 3.8) is 0 Å². The molecule has 1 unspecified atom stereocenters. The Morgan fingerprint density at radius 3 is 2.50 bits per heavy atom. The van der Waals surface area contributed by atoms with Crippen LogP contribution in [0, 0.1) is 0 Å². The summed E-state index contributed by atoms with van der Waals surface area (Å²) in [4.78, 5) is 0. The van der Waals surface area contributed by atoms with Gasteiger partial charge in [0.15, 0.2) is 0 Å². The van der Waals surface area contributed by atoms with Gasteiger partial charge in [-0.25, -0.2) is 0 Å². The average Bonchev–Trinajstić information content (AvgIpc) is 2.11. The van der Waals surface area contributed by atoms with Crippen LogP contribution in [-0.4, -0.2) is 34.8 Å². The molecule has 2 N–H and O–H groups in total. The largest absolute Gasteiger partial charge is 0.394 e. The van der Waals surface area contributed by atoms with Crippen molar-refractivity contribution in [1.82, 2.24) is 5.32 Å². The lowest BCUT2D eigenvalue weighted by molar-refractivity contribution is 0.183. The number of aliphatic hydroxyl groups excluding tert-OH is 1. The molecule has 0 aromatic carbocycles. The summed E-state index contributed by atoms with van der Waals surface area (Å²) < 4.78 is 0. The molecular formula is C11H25NOS. The summed E-state index contributed by atoms with van der Waals surface area (Å²) in [5.74, 6) is 2.19. The number of rotatable bonds is 8. The van der Waals surface area contributed by atoms with Gasteiger partial charge in [0.1, 0.15) is 0 Å². The van der Waals surface area contributed by atoms with Gasteiger partial charge in [-0.05, 0) is 19.1 Å². The average molecular weight is 219 g/mol. The van der Waals surface area contributed by atoms with E-state index in [0.29, 0.717) is 6.04 Å². The Morgan fingerprint density at radius 2 is 2.07 bits per heavy atom. The highest BCUT2D eigenvalue weighted by atomic mass is 32.2. The van der Waals surface area contributed by atoms with Gasteiger partial charge < -0.3 is 10.4 Å². The van der Waals surface area contributed by atoms with Crippen molar-refractivity contribution >= 4 is 11.8 Å². The van der Waals surface area contributed by atoms with Crippen molar-refractivity contribution < 1.29 is 5.11 Å². The van der Waals surface area contributed by atoms with E-state index in [9.17, 15) is 5.11 Å². The van der Waals surface area contributed by atoms with E-state index in [0.717, 1.165) is 5.75 Å². The lowest BCUT2D eigenvalue weighted by atomic mass is 10.1. The lowest BCUT2D eigenvalue weighted by Crippen LogP contribution is -2.51. The summed E-state index contributed by atoms with van der Waals surface area (Å²) in [6.45, 7) is 8.74. The molecule has 0 aliphatic rings. The van der Waals surface area contributed by atoms with E-state index in [1.165, 1.54) is 18.6 Å². The first-order valence-electron chi connectivity index (χ1n) is 5.50. The van der Waals surface area contributed by atoms with Gasteiger partial charge in [0.05, 0.1) is 6.61 Å². The van der Waals surface area contributed by atoms with Crippen molar-refractivity contribution in [3.05, 3.63) is 0 Å². The van der Waals surface area contributed by atoms with Crippen LogP contribution < -0.4 is 5.32 Å². The van der Waals surface area contributed by atoms with Crippen LogP contribution in [0.1, 0.15) is 40.5 Å². The zero-order valence-corrected chi connectivity index (χ0v) is 10.8. The van der Waals surface area contributed by atoms with E-state index in [2.05, 4.69) is 33.0 Å². The molecule has 0 saturated heterocycles. The van der Waals surface area contributed by atoms with E-state index >= 15 is 0 Å². The Kier molecular flexibility index (Phi) is 7.69. The van der Waals surface area contributed by atoms with E-state index in [1.54, 1.807) is 0 Å². The first kappa shape index (κ1) is 14.3. The van der Waals surface area contributed by atoms with Gasteiger partial charge in [0, 0.05) is 17.3 Å². The van der Waals surface area contributed by atoms with Crippen molar-refractivity contribution in [1.29, 1.82) is 0 Å². The maximum absolute atomic E-state index is 9.31. The maximum atomic E-state index is 9.31. The Hall–Kier alpha value is 0.270. The number of thioether (sulfide) groups is 1. The molecule has 0 saturated carbocycles. The Morgan fingerprint density at radius 1 is 1.43 bits per heavy atom. The summed E-state index contributed by atoms with van der Waals surface area (Å²) in [5.41, 5.74) is -0.118. The van der Waals surface area contributed by atoms with E-state index < -0.39 is 0 Å². The molecule has 3 heteroatoms. The first-order valence-corrected chi connectivity index (χ1v) is 6.66. The zero-order chi connectivity index (χ0) is 11.0. The fraction of sp³-hybridized carbons (Fsp3) is 1.00. The molecule has 0 aliphatic heterocycles. The third kappa shape index (κ3) is 6.68. The number of hydrogen-bond donors (Lipinski definition) is 2. The molecule has 0 aliphatic carbocycles. The third-order valence-corrected chi connectivity index (χ3v) is 3.47. The molecule has 0 spiro atoms. The maximum Gasteiger partial charge on any atom is 0.0618 e. The summed E-state index contributed by atoms with van der Waals surface area (Å²) >= 11 is 1.93. The van der Waals surface area contributed by atoms with Crippen LogP contribution in [0.25, 0.3) is 0 Å². The first-order chi connectivity index (χ1) is 6.54. The quantitative estimate of drug-likeness (QED) is 0.614. The fourth-order valence-corrected chi connectivity index (χ4v) is 2.64. The van der Waals surface area contributed by atoms with Crippen molar-refractivity contribution in [2.75, 3.05) is 18.1 Å². The van der Waals surface area contributed by atoms with Crippen LogP contribution in [0.4, 0.5) is 0 Å². The Balaban J connectivity index is 3.75. The minimum atomic E-state index is -0.118. The molecule has 2 nitrogen and oxygen atoms in total. The highest BCUT2D eigenvalue weighted by Crippen LogP contribution is 2.15. The summed E-state index contributed by atoms with van der Waals surface area (Å²) in [7, 11) is 0. The highest BCUT2D eigenvalue weighted by molar-refractivity contribution is 7.99. The number of aliphatic hydroxyl groups is 1. The monoisotopic (exact) mass is 219 g/mol. The molecule has 14 heavy (non-hydrogen) atoms. The lowest BCUT2D eigenvalue weighted by Gasteiger charge is -2.30. The highest BCUT2D eigenvalue weighted by Gasteiger charge is 2.23. The molecule has 0 heterocycles. The second-order valence-corrected chi connectivity index (χ2v) is 5.53. The van der Waals surface area contributed by atoms with E-state index in [-0.39, 0.29) is 12.1 Å².